The van der Waals surface area contributed by atoms with Gasteiger partial charge in [-0.1, -0.05) is 13.3 Å². The van der Waals surface area contributed by atoms with Crippen molar-refractivity contribution in [3.63, 3.8) is 0 Å². The molecule has 0 aliphatic heterocycles. The van der Waals surface area contributed by atoms with E-state index in [9.17, 15) is 5.11 Å². The number of rotatable bonds is 10. The maximum Gasteiger partial charge on any atom is 0.158 e. The molecule has 0 aromatic carbocycles. The first-order chi connectivity index (χ1) is 10.0. The summed E-state index contributed by atoms with van der Waals surface area (Å²) in [4.78, 5) is 8.81. The number of anilines is 2. The summed E-state index contributed by atoms with van der Waals surface area (Å²) in [6.07, 6.45) is 1.69. The molecule has 0 aliphatic rings. The van der Waals surface area contributed by atoms with Gasteiger partial charge in [0.15, 0.2) is 5.82 Å². The second-order valence-electron chi connectivity index (χ2n) is 5.32. The fraction of sp³-hybridized carbons (Fsp3) is 0.733. The standard InChI is InChI=1S/C15H28N4O2/c1-5-8-15(4,20)11-17-13-9-12(16-6-2)18-14(19-13)10-21-7-3/h9,20H,5-8,10-11H2,1-4H3,(H2,16,17,18,19). The van der Waals surface area contributed by atoms with Crippen LogP contribution in [0.25, 0.3) is 0 Å². The average Bonchev–Trinajstić information content (AvgIpc) is 2.43. The van der Waals surface area contributed by atoms with Crippen molar-refractivity contribution in [2.45, 2.75) is 52.7 Å². The van der Waals surface area contributed by atoms with Crippen LogP contribution in [0, 0.1) is 0 Å². The second-order valence-corrected chi connectivity index (χ2v) is 5.32. The highest BCUT2D eigenvalue weighted by atomic mass is 16.5. The fourth-order valence-corrected chi connectivity index (χ4v) is 2.03. The lowest BCUT2D eigenvalue weighted by Gasteiger charge is -2.23. The van der Waals surface area contributed by atoms with Gasteiger partial charge in [0.05, 0.1) is 5.60 Å². The predicted molar refractivity (Wildman–Crippen MR) is 85.5 cm³/mol. The van der Waals surface area contributed by atoms with Crippen molar-refractivity contribution >= 4 is 11.6 Å². The molecular formula is C15H28N4O2. The zero-order valence-corrected chi connectivity index (χ0v) is 13.6. The van der Waals surface area contributed by atoms with E-state index in [1.54, 1.807) is 0 Å². The van der Waals surface area contributed by atoms with Crippen molar-refractivity contribution in [3.05, 3.63) is 11.9 Å². The molecule has 0 fully saturated rings. The number of aromatic nitrogens is 2. The van der Waals surface area contributed by atoms with E-state index in [-0.39, 0.29) is 0 Å². The summed E-state index contributed by atoms with van der Waals surface area (Å²) < 4.78 is 5.36. The zero-order valence-electron chi connectivity index (χ0n) is 13.6. The maximum atomic E-state index is 10.2. The topological polar surface area (TPSA) is 79.3 Å². The Morgan fingerprint density at radius 1 is 1.19 bits per heavy atom. The van der Waals surface area contributed by atoms with Gasteiger partial charge in [0.2, 0.25) is 0 Å². The first-order valence-electron chi connectivity index (χ1n) is 7.66. The average molecular weight is 296 g/mol. The minimum Gasteiger partial charge on any atom is -0.388 e. The molecule has 0 bridgehead atoms. The van der Waals surface area contributed by atoms with Gasteiger partial charge in [-0.3, -0.25) is 0 Å². The van der Waals surface area contributed by atoms with E-state index in [1.165, 1.54) is 0 Å². The first-order valence-corrected chi connectivity index (χ1v) is 7.66. The Bertz CT molecular complexity index is 424. The van der Waals surface area contributed by atoms with E-state index in [1.807, 2.05) is 26.8 Å². The Hall–Kier alpha value is -1.40. The minimum atomic E-state index is -0.738. The summed E-state index contributed by atoms with van der Waals surface area (Å²) in [5.74, 6) is 2.10. The van der Waals surface area contributed by atoms with E-state index in [4.69, 9.17) is 4.74 Å². The third kappa shape index (κ3) is 6.73. The monoisotopic (exact) mass is 296 g/mol. The first kappa shape index (κ1) is 17.7. The Kier molecular flexibility index (Phi) is 7.39. The van der Waals surface area contributed by atoms with Crippen molar-refractivity contribution < 1.29 is 9.84 Å². The molecule has 0 saturated heterocycles. The summed E-state index contributed by atoms with van der Waals surface area (Å²) in [6, 6.07) is 1.85. The Morgan fingerprint density at radius 2 is 1.86 bits per heavy atom. The number of hydrogen-bond acceptors (Lipinski definition) is 6. The molecule has 0 radical (unpaired) electrons. The van der Waals surface area contributed by atoms with Crippen LogP contribution in [0.4, 0.5) is 11.6 Å². The molecule has 0 spiro atoms. The van der Waals surface area contributed by atoms with Gasteiger partial charge in [-0.25, -0.2) is 9.97 Å². The third-order valence-corrected chi connectivity index (χ3v) is 3.00. The van der Waals surface area contributed by atoms with Gasteiger partial charge >= 0.3 is 0 Å². The lowest BCUT2D eigenvalue weighted by atomic mass is 10.0. The lowest BCUT2D eigenvalue weighted by Crippen LogP contribution is -2.33. The normalized spacial score (nSPS) is 13.8. The molecule has 0 saturated carbocycles. The highest BCUT2D eigenvalue weighted by molar-refractivity contribution is 5.47. The molecule has 1 aromatic heterocycles. The lowest BCUT2D eigenvalue weighted by molar-refractivity contribution is 0.0636. The van der Waals surface area contributed by atoms with Gasteiger partial charge < -0.3 is 20.5 Å². The highest BCUT2D eigenvalue weighted by Gasteiger charge is 2.19. The van der Waals surface area contributed by atoms with E-state index >= 15 is 0 Å². The van der Waals surface area contributed by atoms with Crippen molar-refractivity contribution in [1.82, 2.24) is 9.97 Å². The maximum absolute atomic E-state index is 10.2. The molecule has 1 aromatic rings. The molecule has 6 nitrogen and oxygen atoms in total. The van der Waals surface area contributed by atoms with Crippen molar-refractivity contribution in [1.29, 1.82) is 0 Å². The SMILES string of the molecule is CCCC(C)(O)CNc1cc(NCC)nc(COCC)n1. The number of nitrogens with zero attached hydrogens (tertiary/aromatic N) is 2. The molecule has 6 heteroatoms. The molecular weight excluding hydrogens is 268 g/mol. The van der Waals surface area contributed by atoms with Crippen LogP contribution < -0.4 is 10.6 Å². The molecule has 0 amide bonds. The Labute approximate surface area is 127 Å². The smallest absolute Gasteiger partial charge is 0.158 e. The summed E-state index contributed by atoms with van der Waals surface area (Å²) in [6.45, 7) is 10.1. The van der Waals surface area contributed by atoms with Gasteiger partial charge in [0.25, 0.3) is 0 Å². The predicted octanol–water partition coefficient (Wildman–Crippen LogP) is 2.41. The number of ether oxygens (including phenoxy) is 1. The molecule has 120 valence electrons. The Balaban J connectivity index is 2.77. The van der Waals surface area contributed by atoms with Crippen LogP contribution in [0.2, 0.25) is 0 Å². The molecule has 21 heavy (non-hydrogen) atoms. The summed E-state index contributed by atoms with van der Waals surface area (Å²) in [7, 11) is 0. The van der Waals surface area contributed by atoms with Gasteiger partial charge in [-0.05, 0) is 27.2 Å². The Morgan fingerprint density at radius 3 is 2.43 bits per heavy atom. The summed E-state index contributed by atoms with van der Waals surface area (Å²) in [5, 5.41) is 16.6. The molecule has 0 aliphatic carbocycles. The molecule has 3 N–H and O–H groups in total. The van der Waals surface area contributed by atoms with E-state index in [2.05, 4.69) is 27.5 Å². The van der Waals surface area contributed by atoms with Gasteiger partial charge in [0, 0.05) is 25.8 Å². The molecule has 1 rings (SSSR count). The van der Waals surface area contributed by atoms with Crippen LogP contribution in [0.3, 0.4) is 0 Å². The van der Waals surface area contributed by atoms with Crippen molar-refractivity contribution in [3.8, 4) is 0 Å². The fourth-order valence-electron chi connectivity index (χ4n) is 2.03. The van der Waals surface area contributed by atoms with Crippen LogP contribution in [-0.2, 0) is 11.3 Å². The second kappa shape index (κ2) is 8.79. The van der Waals surface area contributed by atoms with Crippen LogP contribution in [-0.4, -0.2) is 40.4 Å². The van der Waals surface area contributed by atoms with Crippen LogP contribution in [0.5, 0.6) is 0 Å². The summed E-state index contributed by atoms with van der Waals surface area (Å²) in [5.41, 5.74) is -0.738. The van der Waals surface area contributed by atoms with Gasteiger partial charge in [-0.15, -0.1) is 0 Å². The van der Waals surface area contributed by atoms with Crippen LogP contribution >= 0.6 is 0 Å². The van der Waals surface area contributed by atoms with Crippen molar-refractivity contribution in [2.24, 2.45) is 0 Å². The number of nitrogens with one attached hydrogen (secondary N) is 2. The van der Waals surface area contributed by atoms with Gasteiger partial charge in [-0.2, -0.15) is 0 Å². The summed E-state index contributed by atoms with van der Waals surface area (Å²) >= 11 is 0. The quantitative estimate of drug-likeness (QED) is 0.615. The van der Waals surface area contributed by atoms with Crippen LogP contribution in [0.15, 0.2) is 6.07 Å². The number of hydrogen-bond donors (Lipinski definition) is 3. The zero-order chi connectivity index (χ0) is 15.7. The van der Waals surface area contributed by atoms with Crippen molar-refractivity contribution in [2.75, 3.05) is 30.3 Å². The highest BCUT2D eigenvalue weighted by Crippen LogP contribution is 2.16. The minimum absolute atomic E-state index is 0.385. The largest absolute Gasteiger partial charge is 0.388 e. The molecule has 1 unspecified atom stereocenters. The number of aliphatic hydroxyl groups is 1. The van der Waals surface area contributed by atoms with Crippen LogP contribution in [0.1, 0.15) is 46.4 Å². The third-order valence-electron chi connectivity index (χ3n) is 3.00. The van der Waals surface area contributed by atoms with E-state index in [0.717, 1.165) is 25.2 Å². The van der Waals surface area contributed by atoms with E-state index in [0.29, 0.717) is 31.4 Å². The molecule has 1 heterocycles. The van der Waals surface area contributed by atoms with E-state index < -0.39 is 5.60 Å². The molecule has 1 atom stereocenters. The van der Waals surface area contributed by atoms with Gasteiger partial charge in [0.1, 0.15) is 18.2 Å².